The summed E-state index contributed by atoms with van der Waals surface area (Å²) in [4.78, 5) is 11.8. The Morgan fingerprint density at radius 1 is 1.06 bits per heavy atom. The Balaban J connectivity index is 1.61. The largest absolute Gasteiger partial charge is 0.355 e. The SMILES string of the molecule is O=C(CC1CCCCCC1)NCC1CCCN1. The summed E-state index contributed by atoms with van der Waals surface area (Å²) >= 11 is 0. The number of hydrogen-bond acceptors (Lipinski definition) is 2. The Morgan fingerprint density at radius 3 is 2.47 bits per heavy atom. The highest BCUT2D eigenvalue weighted by molar-refractivity contribution is 5.76. The zero-order chi connectivity index (χ0) is 11.9. The van der Waals surface area contributed by atoms with Crippen LogP contribution in [0.25, 0.3) is 0 Å². The molecule has 2 fully saturated rings. The number of hydrogen-bond donors (Lipinski definition) is 2. The molecule has 3 nitrogen and oxygen atoms in total. The maximum absolute atomic E-state index is 11.8. The second kappa shape index (κ2) is 7.00. The molecule has 2 N–H and O–H groups in total. The van der Waals surface area contributed by atoms with Crippen LogP contribution in [-0.2, 0) is 4.79 Å². The van der Waals surface area contributed by atoms with Crippen molar-refractivity contribution in [3.63, 3.8) is 0 Å². The summed E-state index contributed by atoms with van der Waals surface area (Å²) in [6.45, 7) is 1.94. The first-order chi connectivity index (χ1) is 8.34. The minimum atomic E-state index is 0.269. The maximum Gasteiger partial charge on any atom is 0.220 e. The van der Waals surface area contributed by atoms with E-state index in [1.54, 1.807) is 0 Å². The first-order valence-corrected chi connectivity index (χ1v) is 7.34. The molecule has 1 amide bonds. The van der Waals surface area contributed by atoms with Gasteiger partial charge in [-0.05, 0) is 38.1 Å². The van der Waals surface area contributed by atoms with Crippen LogP contribution in [-0.4, -0.2) is 25.0 Å². The van der Waals surface area contributed by atoms with Gasteiger partial charge >= 0.3 is 0 Å². The second-order valence-electron chi connectivity index (χ2n) is 5.66. The molecule has 3 heteroatoms. The molecule has 0 aromatic rings. The third-order valence-electron chi connectivity index (χ3n) is 4.16. The van der Waals surface area contributed by atoms with Crippen molar-refractivity contribution in [2.75, 3.05) is 13.1 Å². The van der Waals surface area contributed by atoms with Gasteiger partial charge in [-0.3, -0.25) is 4.79 Å². The average Bonchev–Trinajstić information content (AvgIpc) is 2.72. The summed E-state index contributed by atoms with van der Waals surface area (Å²) in [5, 5.41) is 6.50. The van der Waals surface area contributed by atoms with E-state index in [2.05, 4.69) is 10.6 Å². The van der Waals surface area contributed by atoms with Crippen LogP contribution in [0, 0.1) is 5.92 Å². The van der Waals surface area contributed by atoms with E-state index < -0.39 is 0 Å². The highest BCUT2D eigenvalue weighted by Gasteiger charge is 2.18. The first kappa shape index (κ1) is 12.9. The molecule has 17 heavy (non-hydrogen) atoms. The van der Waals surface area contributed by atoms with Gasteiger partial charge in [0, 0.05) is 19.0 Å². The molecular formula is C14H26N2O. The number of carbonyl (C=O) groups excluding carboxylic acids is 1. The lowest BCUT2D eigenvalue weighted by molar-refractivity contribution is -0.122. The van der Waals surface area contributed by atoms with Crippen LogP contribution >= 0.6 is 0 Å². The monoisotopic (exact) mass is 238 g/mol. The Bertz CT molecular complexity index is 228. The van der Waals surface area contributed by atoms with E-state index in [4.69, 9.17) is 0 Å². The van der Waals surface area contributed by atoms with Crippen molar-refractivity contribution >= 4 is 5.91 Å². The molecule has 0 aromatic carbocycles. The van der Waals surface area contributed by atoms with Crippen LogP contribution in [0.2, 0.25) is 0 Å². The van der Waals surface area contributed by atoms with E-state index in [1.165, 1.54) is 51.4 Å². The van der Waals surface area contributed by atoms with Gasteiger partial charge in [0.1, 0.15) is 0 Å². The van der Waals surface area contributed by atoms with Crippen LogP contribution in [0.4, 0.5) is 0 Å². The fourth-order valence-corrected chi connectivity index (χ4v) is 3.07. The molecule has 0 spiro atoms. The van der Waals surface area contributed by atoms with Crippen molar-refractivity contribution in [3.8, 4) is 0 Å². The van der Waals surface area contributed by atoms with E-state index in [0.29, 0.717) is 12.0 Å². The molecule has 1 aliphatic heterocycles. The van der Waals surface area contributed by atoms with Crippen molar-refractivity contribution in [3.05, 3.63) is 0 Å². The first-order valence-electron chi connectivity index (χ1n) is 7.34. The predicted molar refractivity (Wildman–Crippen MR) is 69.8 cm³/mol. The third kappa shape index (κ3) is 4.66. The van der Waals surface area contributed by atoms with Gasteiger partial charge in [-0.1, -0.05) is 25.7 Å². The topological polar surface area (TPSA) is 41.1 Å². The standard InChI is InChI=1S/C14H26N2O/c17-14(16-11-13-8-5-9-15-13)10-12-6-3-1-2-4-7-12/h12-13,15H,1-11H2,(H,16,17). The number of nitrogens with one attached hydrogen (secondary N) is 2. The van der Waals surface area contributed by atoms with E-state index in [0.717, 1.165) is 19.5 Å². The summed E-state index contributed by atoms with van der Waals surface area (Å²) in [5.74, 6) is 0.916. The molecule has 1 heterocycles. The lowest BCUT2D eigenvalue weighted by Gasteiger charge is -2.15. The minimum Gasteiger partial charge on any atom is -0.355 e. The van der Waals surface area contributed by atoms with Crippen LogP contribution in [0.5, 0.6) is 0 Å². The molecule has 1 saturated carbocycles. The van der Waals surface area contributed by atoms with Crippen molar-refractivity contribution < 1.29 is 4.79 Å². The van der Waals surface area contributed by atoms with Gasteiger partial charge in [0.05, 0.1) is 0 Å². The number of rotatable bonds is 4. The fraction of sp³-hybridized carbons (Fsp3) is 0.929. The molecule has 1 atom stereocenters. The van der Waals surface area contributed by atoms with E-state index in [-0.39, 0.29) is 5.91 Å². The maximum atomic E-state index is 11.8. The van der Waals surface area contributed by atoms with Crippen LogP contribution in [0.1, 0.15) is 57.8 Å². The third-order valence-corrected chi connectivity index (χ3v) is 4.16. The van der Waals surface area contributed by atoms with Gasteiger partial charge in [0.15, 0.2) is 0 Å². The minimum absolute atomic E-state index is 0.269. The van der Waals surface area contributed by atoms with E-state index >= 15 is 0 Å². The van der Waals surface area contributed by atoms with Gasteiger partial charge in [0.2, 0.25) is 5.91 Å². The van der Waals surface area contributed by atoms with Crippen molar-refractivity contribution in [1.82, 2.24) is 10.6 Å². The summed E-state index contributed by atoms with van der Waals surface area (Å²) < 4.78 is 0. The van der Waals surface area contributed by atoms with Gasteiger partial charge in [-0.15, -0.1) is 0 Å². The molecule has 98 valence electrons. The normalized spacial score (nSPS) is 26.7. The molecule has 0 bridgehead atoms. The summed E-state index contributed by atoms with van der Waals surface area (Å²) in [7, 11) is 0. The molecule has 0 radical (unpaired) electrons. The Labute approximate surface area is 105 Å². The van der Waals surface area contributed by atoms with Crippen molar-refractivity contribution in [2.24, 2.45) is 5.92 Å². The van der Waals surface area contributed by atoms with Gasteiger partial charge in [0.25, 0.3) is 0 Å². The fourth-order valence-electron chi connectivity index (χ4n) is 3.07. The molecule has 2 aliphatic rings. The van der Waals surface area contributed by atoms with Crippen LogP contribution in [0.15, 0.2) is 0 Å². The van der Waals surface area contributed by atoms with E-state index in [9.17, 15) is 4.79 Å². The summed E-state index contributed by atoms with van der Waals surface area (Å²) in [5.41, 5.74) is 0. The highest BCUT2D eigenvalue weighted by Crippen LogP contribution is 2.25. The average molecular weight is 238 g/mol. The highest BCUT2D eigenvalue weighted by atomic mass is 16.1. The van der Waals surface area contributed by atoms with Crippen LogP contribution < -0.4 is 10.6 Å². The smallest absolute Gasteiger partial charge is 0.220 e. The lowest BCUT2D eigenvalue weighted by atomic mass is 9.96. The zero-order valence-electron chi connectivity index (χ0n) is 10.8. The number of amides is 1. The molecule has 1 aliphatic carbocycles. The van der Waals surface area contributed by atoms with Gasteiger partial charge in [-0.2, -0.15) is 0 Å². The Morgan fingerprint density at radius 2 is 1.82 bits per heavy atom. The van der Waals surface area contributed by atoms with Crippen molar-refractivity contribution in [2.45, 2.75) is 63.8 Å². The lowest BCUT2D eigenvalue weighted by Crippen LogP contribution is -2.37. The van der Waals surface area contributed by atoms with Gasteiger partial charge in [-0.25, -0.2) is 0 Å². The predicted octanol–water partition coefficient (Wildman–Crippen LogP) is 2.22. The molecular weight excluding hydrogens is 212 g/mol. The number of carbonyl (C=O) groups is 1. The molecule has 2 rings (SSSR count). The van der Waals surface area contributed by atoms with E-state index in [1.807, 2.05) is 0 Å². The quantitative estimate of drug-likeness (QED) is 0.737. The van der Waals surface area contributed by atoms with Crippen molar-refractivity contribution in [1.29, 1.82) is 0 Å². The Hall–Kier alpha value is -0.570. The summed E-state index contributed by atoms with van der Waals surface area (Å²) in [6, 6.07) is 0.521. The van der Waals surface area contributed by atoms with Gasteiger partial charge < -0.3 is 10.6 Å². The zero-order valence-corrected chi connectivity index (χ0v) is 10.8. The second-order valence-corrected chi connectivity index (χ2v) is 5.66. The summed E-state index contributed by atoms with van der Waals surface area (Å²) in [6.07, 6.45) is 11.1. The molecule has 0 aromatic heterocycles. The molecule has 1 saturated heterocycles. The molecule has 1 unspecified atom stereocenters. The Kier molecular flexibility index (Phi) is 5.30. The van der Waals surface area contributed by atoms with Crippen LogP contribution in [0.3, 0.4) is 0 Å².